The van der Waals surface area contributed by atoms with Crippen LogP contribution in [0.5, 0.6) is 0 Å². The van der Waals surface area contributed by atoms with Gasteiger partial charge >= 0.3 is 0 Å². The smallest absolute Gasteiger partial charge is 0.141 e. The van der Waals surface area contributed by atoms with E-state index in [-0.39, 0.29) is 10.8 Å². The SMILES string of the molecule is NCc1ccc2c(ccn2Cc2ccc(F)c(Cl)c2)c1. The van der Waals surface area contributed by atoms with Gasteiger partial charge in [0.05, 0.1) is 5.02 Å². The number of nitrogens with zero attached hydrogens (tertiary/aromatic N) is 1. The van der Waals surface area contributed by atoms with Crippen molar-refractivity contribution in [2.75, 3.05) is 0 Å². The maximum Gasteiger partial charge on any atom is 0.141 e. The molecule has 0 atom stereocenters. The summed E-state index contributed by atoms with van der Waals surface area (Å²) in [5, 5.41) is 1.31. The van der Waals surface area contributed by atoms with Crippen molar-refractivity contribution in [3.05, 3.63) is 70.6 Å². The first-order valence-electron chi connectivity index (χ1n) is 6.39. The molecule has 0 fully saturated rings. The van der Waals surface area contributed by atoms with Crippen LogP contribution in [-0.4, -0.2) is 4.57 Å². The molecule has 0 aliphatic heterocycles. The number of halogens is 2. The van der Waals surface area contributed by atoms with Gasteiger partial charge in [-0.15, -0.1) is 0 Å². The number of nitrogens with two attached hydrogens (primary N) is 1. The summed E-state index contributed by atoms with van der Waals surface area (Å²) in [4.78, 5) is 0. The molecule has 3 rings (SSSR count). The lowest BCUT2D eigenvalue weighted by Gasteiger charge is -2.07. The molecule has 0 saturated carbocycles. The lowest BCUT2D eigenvalue weighted by molar-refractivity contribution is 0.627. The number of fused-ring (bicyclic) bond motifs is 1. The fraction of sp³-hybridized carbons (Fsp3) is 0.125. The van der Waals surface area contributed by atoms with Crippen LogP contribution in [0.15, 0.2) is 48.7 Å². The molecule has 1 aromatic heterocycles. The van der Waals surface area contributed by atoms with E-state index < -0.39 is 0 Å². The van der Waals surface area contributed by atoms with Crippen molar-refractivity contribution >= 4 is 22.5 Å². The van der Waals surface area contributed by atoms with Crippen molar-refractivity contribution in [2.45, 2.75) is 13.1 Å². The maximum absolute atomic E-state index is 13.2. The molecule has 2 N–H and O–H groups in total. The van der Waals surface area contributed by atoms with Crippen LogP contribution in [0.1, 0.15) is 11.1 Å². The number of hydrogen-bond acceptors (Lipinski definition) is 1. The molecule has 0 saturated heterocycles. The second kappa shape index (κ2) is 5.27. The summed E-state index contributed by atoms with van der Waals surface area (Å²) >= 11 is 5.81. The summed E-state index contributed by atoms with van der Waals surface area (Å²) in [5.74, 6) is -0.389. The zero-order chi connectivity index (χ0) is 14.1. The van der Waals surface area contributed by atoms with Gasteiger partial charge in [-0.1, -0.05) is 23.7 Å². The van der Waals surface area contributed by atoms with Crippen LogP contribution in [0.4, 0.5) is 4.39 Å². The third-order valence-corrected chi connectivity index (χ3v) is 3.70. The fourth-order valence-electron chi connectivity index (χ4n) is 2.35. The fourth-order valence-corrected chi connectivity index (χ4v) is 2.55. The van der Waals surface area contributed by atoms with Crippen molar-refractivity contribution < 1.29 is 4.39 Å². The standard InChI is InChI=1S/C16H14ClFN2/c17-14-8-12(1-3-15(14)18)10-20-6-5-13-7-11(9-19)2-4-16(13)20/h1-8H,9-10,19H2. The third-order valence-electron chi connectivity index (χ3n) is 3.41. The molecule has 3 aromatic rings. The molecule has 0 radical (unpaired) electrons. The molecule has 0 aliphatic rings. The van der Waals surface area contributed by atoms with E-state index in [4.69, 9.17) is 17.3 Å². The zero-order valence-corrected chi connectivity index (χ0v) is 11.6. The van der Waals surface area contributed by atoms with Crippen LogP contribution < -0.4 is 5.73 Å². The van der Waals surface area contributed by atoms with Gasteiger partial charge in [-0.25, -0.2) is 4.39 Å². The molecule has 0 spiro atoms. The van der Waals surface area contributed by atoms with Crippen molar-refractivity contribution in [3.63, 3.8) is 0 Å². The van der Waals surface area contributed by atoms with Crippen molar-refractivity contribution in [2.24, 2.45) is 5.73 Å². The minimum absolute atomic E-state index is 0.157. The Morgan fingerprint density at radius 2 is 1.85 bits per heavy atom. The van der Waals surface area contributed by atoms with Gasteiger partial charge in [0.25, 0.3) is 0 Å². The van der Waals surface area contributed by atoms with Crippen molar-refractivity contribution in [3.8, 4) is 0 Å². The second-order valence-corrected chi connectivity index (χ2v) is 5.20. The maximum atomic E-state index is 13.2. The average Bonchev–Trinajstić information content (AvgIpc) is 2.85. The quantitative estimate of drug-likeness (QED) is 0.777. The van der Waals surface area contributed by atoms with Crippen molar-refractivity contribution in [1.82, 2.24) is 4.57 Å². The Balaban J connectivity index is 1.96. The van der Waals surface area contributed by atoms with E-state index in [1.165, 1.54) is 6.07 Å². The largest absolute Gasteiger partial charge is 0.343 e. The Morgan fingerprint density at radius 3 is 2.60 bits per heavy atom. The second-order valence-electron chi connectivity index (χ2n) is 4.79. The van der Waals surface area contributed by atoms with Gasteiger partial charge in [0.1, 0.15) is 5.82 Å². The number of benzene rings is 2. The van der Waals surface area contributed by atoms with Gasteiger partial charge < -0.3 is 10.3 Å². The van der Waals surface area contributed by atoms with Gasteiger partial charge in [-0.2, -0.15) is 0 Å². The highest BCUT2D eigenvalue weighted by molar-refractivity contribution is 6.30. The highest BCUT2D eigenvalue weighted by Crippen LogP contribution is 2.21. The number of rotatable bonds is 3. The van der Waals surface area contributed by atoms with Gasteiger partial charge in [-0.05, 0) is 46.8 Å². The molecule has 2 nitrogen and oxygen atoms in total. The van der Waals surface area contributed by atoms with Crippen LogP contribution >= 0.6 is 11.6 Å². The van der Waals surface area contributed by atoms with Gasteiger partial charge in [0, 0.05) is 24.8 Å². The highest BCUT2D eigenvalue weighted by Gasteiger charge is 2.05. The lowest BCUT2D eigenvalue weighted by atomic mass is 10.1. The Morgan fingerprint density at radius 1 is 1.05 bits per heavy atom. The summed E-state index contributed by atoms with van der Waals surface area (Å²) in [6.45, 7) is 1.19. The van der Waals surface area contributed by atoms with Crippen LogP contribution in [-0.2, 0) is 13.1 Å². The molecule has 0 aliphatic carbocycles. The topological polar surface area (TPSA) is 30.9 Å². The van der Waals surface area contributed by atoms with Crippen LogP contribution in [0.25, 0.3) is 10.9 Å². The van der Waals surface area contributed by atoms with Crippen molar-refractivity contribution in [1.29, 1.82) is 0 Å². The number of aromatic nitrogens is 1. The predicted octanol–water partition coefficient (Wildman–Crippen LogP) is 3.94. The average molecular weight is 289 g/mol. The minimum atomic E-state index is -0.389. The normalized spacial score (nSPS) is 11.2. The van der Waals surface area contributed by atoms with E-state index in [9.17, 15) is 4.39 Å². The van der Waals surface area contributed by atoms with Crippen LogP contribution in [0.3, 0.4) is 0 Å². The van der Waals surface area contributed by atoms with Gasteiger partial charge in [0.2, 0.25) is 0 Å². The molecule has 1 heterocycles. The summed E-state index contributed by atoms with van der Waals surface area (Å²) in [7, 11) is 0. The van der Waals surface area contributed by atoms with E-state index >= 15 is 0 Å². The number of hydrogen-bond donors (Lipinski definition) is 1. The first kappa shape index (κ1) is 13.2. The third kappa shape index (κ3) is 2.42. The molecular formula is C16H14ClFN2. The monoisotopic (exact) mass is 288 g/mol. The van der Waals surface area contributed by atoms with Gasteiger partial charge in [-0.3, -0.25) is 0 Å². The molecule has 4 heteroatoms. The minimum Gasteiger partial charge on any atom is -0.343 e. The molecule has 2 aromatic carbocycles. The van der Waals surface area contributed by atoms with E-state index in [0.29, 0.717) is 13.1 Å². The van der Waals surface area contributed by atoms with E-state index in [0.717, 1.165) is 22.0 Å². The van der Waals surface area contributed by atoms with Gasteiger partial charge in [0.15, 0.2) is 0 Å². The lowest BCUT2D eigenvalue weighted by Crippen LogP contribution is -1.99. The van der Waals surface area contributed by atoms with E-state index in [2.05, 4.69) is 22.8 Å². The highest BCUT2D eigenvalue weighted by atomic mass is 35.5. The molecule has 102 valence electrons. The van der Waals surface area contributed by atoms with Crippen LogP contribution in [0.2, 0.25) is 5.02 Å². The zero-order valence-electron chi connectivity index (χ0n) is 10.8. The predicted molar refractivity (Wildman–Crippen MR) is 80.3 cm³/mol. The first-order chi connectivity index (χ1) is 9.67. The summed E-state index contributed by atoms with van der Waals surface area (Å²) < 4.78 is 15.3. The Kier molecular flexibility index (Phi) is 3.47. The molecule has 20 heavy (non-hydrogen) atoms. The summed E-state index contributed by atoms with van der Waals surface area (Å²) in [6.07, 6.45) is 2.02. The van der Waals surface area contributed by atoms with E-state index in [1.54, 1.807) is 12.1 Å². The Bertz CT molecular complexity index is 764. The summed E-state index contributed by atoms with van der Waals surface area (Å²) in [6, 6.07) is 13.0. The molecule has 0 bridgehead atoms. The van der Waals surface area contributed by atoms with E-state index in [1.807, 2.05) is 12.3 Å². The Hall–Kier alpha value is -1.84. The summed E-state index contributed by atoms with van der Waals surface area (Å²) in [5.41, 5.74) is 8.85. The van der Waals surface area contributed by atoms with Crippen LogP contribution in [0, 0.1) is 5.82 Å². The first-order valence-corrected chi connectivity index (χ1v) is 6.77. The Labute approximate surface area is 121 Å². The molecule has 0 amide bonds. The molecular weight excluding hydrogens is 275 g/mol. The molecule has 0 unspecified atom stereocenters.